The summed E-state index contributed by atoms with van der Waals surface area (Å²) in [5, 5.41) is 7.58. The first-order valence-corrected chi connectivity index (χ1v) is 5.01. The second-order valence-electron chi connectivity index (χ2n) is 4.26. The van der Waals surface area contributed by atoms with E-state index in [4.69, 9.17) is 5.11 Å². The number of rotatable bonds is 5. The van der Waals surface area contributed by atoms with Gasteiger partial charge >= 0.3 is 47.7 Å². The second-order valence-corrected chi connectivity index (χ2v) is 4.26. The number of quaternary nitrogens is 1. The molecule has 0 radical (unpaired) electrons. The molecule has 0 amide bonds. The van der Waals surface area contributed by atoms with Gasteiger partial charge < -0.3 is 11.3 Å². The zero-order chi connectivity index (χ0) is 21.1. The normalized spacial score (nSPS) is 15.5. The highest BCUT2D eigenvalue weighted by Gasteiger charge is 2.96. The lowest BCUT2D eigenvalue weighted by Gasteiger charge is -2.42. The summed E-state index contributed by atoms with van der Waals surface area (Å²) in [6.45, 7) is 0. The molecular weight excluding hydrogens is 427 g/mol. The van der Waals surface area contributed by atoms with Crippen molar-refractivity contribution in [2.75, 3.05) is 0 Å². The Morgan fingerprint density at radius 1 is 0.538 bits per heavy atom. The number of alkyl halides is 15. The molecule has 0 aliphatic carbocycles. The quantitative estimate of drug-likeness (QED) is 0.612. The fourth-order valence-electron chi connectivity index (χ4n) is 1.26. The highest BCUT2D eigenvalue weighted by Crippen LogP contribution is 2.63. The Bertz CT molecular complexity index is 519. The lowest BCUT2D eigenvalue weighted by molar-refractivity contribution is -0.454. The monoisotopic (exact) mass is 432 g/mol. The summed E-state index contributed by atoms with van der Waals surface area (Å²) >= 11 is 0. The molecule has 0 spiro atoms. The van der Waals surface area contributed by atoms with Crippen LogP contribution in [-0.4, -0.2) is 52.8 Å². The van der Waals surface area contributed by atoms with Crippen molar-refractivity contribution in [1.82, 2.24) is 6.15 Å². The van der Waals surface area contributed by atoms with E-state index in [-0.39, 0.29) is 6.15 Å². The highest BCUT2D eigenvalue weighted by atomic mass is 19.4. The average Bonchev–Trinajstić information content (AvgIpc) is 2.33. The van der Waals surface area contributed by atoms with Crippen molar-refractivity contribution >= 4 is 5.97 Å². The molecule has 3 nitrogen and oxygen atoms in total. The minimum absolute atomic E-state index is 0. The summed E-state index contributed by atoms with van der Waals surface area (Å²) in [4.78, 5) is 9.74. The van der Waals surface area contributed by atoms with Crippen LogP contribution in [0, 0.1) is 0 Å². The van der Waals surface area contributed by atoms with Crippen LogP contribution in [0.4, 0.5) is 65.9 Å². The van der Waals surface area contributed by atoms with E-state index >= 15 is 0 Å². The van der Waals surface area contributed by atoms with Gasteiger partial charge in [-0.2, -0.15) is 61.5 Å². The first-order valence-electron chi connectivity index (χ1n) is 5.01. The zero-order valence-electron chi connectivity index (χ0n) is 11.5. The van der Waals surface area contributed by atoms with Crippen LogP contribution in [0.15, 0.2) is 0 Å². The van der Waals surface area contributed by atoms with Gasteiger partial charge in [0.25, 0.3) is 0 Å². The SMILES string of the molecule is O=C(O)C(F)(F)C(F)(F)C(F)(F)C(F)(F)C(F)(C(F)(F)F)C(F)(F)F.[NH4+]. The largest absolute Gasteiger partial charge is 0.477 e. The van der Waals surface area contributed by atoms with Crippen LogP contribution < -0.4 is 6.15 Å². The number of hydrogen-bond acceptors (Lipinski definition) is 1. The van der Waals surface area contributed by atoms with Gasteiger partial charge in [0.05, 0.1) is 0 Å². The molecule has 0 saturated carbocycles. The minimum Gasteiger partial charge on any atom is -0.477 e. The maximum atomic E-state index is 13.0. The Morgan fingerprint density at radius 3 is 1.00 bits per heavy atom. The lowest BCUT2D eigenvalue weighted by Crippen LogP contribution is -2.76. The summed E-state index contributed by atoms with van der Waals surface area (Å²) in [5.41, 5.74) is -8.42. The summed E-state index contributed by atoms with van der Waals surface area (Å²) in [5.74, 6) is -36.7. The first kappa shape index (κ1) is 26.6. The van der Waals surface area contributed by atoms with Gasteiger partial charge in [0.15, 0.2) is 0 Å². The third-order valence-electron chi connectivity index (χ3n) is 2.67. The first-order chi connectivity index (χ1) is 10.4. The van der Waals surface area contributed by atoms with Crippen molar-refractivity contribution in [3.63, 3.8) is 0 Å². The number of carboxylic acids is 1. The maximum Gasteiger partial charge on any atom is 0.438 e. The van der Waals surface area contributed by atoms with E-state index in [2.05, 4.69) is 0 Å². The number of halogens is 15. The molecule has 0 aliphatic rings. The zero-order valence-corrected chi connectivity index (χ0v) is 11.5. The van der Waals surface area contributed by atoms with Crippen molar-refractivity contribution in [2.45, 2.75) is 41.7 Å². The predicted octanol–water partition coefficient (Wildman–Crippen LogP) is 4.82. The van der Waals surface area contributed by atoms with E-state index in [0.717, 1.165) is 0 Å². The molecule has 0 rings (SSSR count). The van der Waals surface area contributed by atoms with Gasteiger partial charge in [0.2, 0.25) is 0 Å². The van der Waals surface area contributed by atoms with Gasteiger partial charge in [-0.1, -0.05) is 0 Å². The Kier molecular flexibility index (Phi) is 6.37. The average molecular weight is 432 g/mol. The Labute approximate surface area is 131 Å². The molecule has 5 N–H and O–H groups in total. The summed E-state index contributed by atoms with van der Waals surface area (Å²) in [6.07, 6.45) is -16.1. The van der Waals surface area contributed by atoms with Crippen LogP contribution in [-0.2, 0) is 4.79 Å². The van der Waals surface area contributed by atoms with E-state index < -0.39 is 47.7 Å². The number of aliphatic carboxylic acids is 1. The molecule has 0 unspecified atom stereocenters. The molecule has 0 heterocycles. The fraction of sp³-hybridized carbons (Fsp3) is 0.875. The predicted molar refractivity (Wildman–Crippen MR) is 49.4 cm³/mol. The molecule has 0 aromatic heterocycles. The van der Waals surface area contributed by atoms with Gasteiger partial charge in [0, 0.05) is 0 Å². The third-order valence-corrected chi connectivity index (χ3v) is 2.67. The number of carbonyl (C=O) groups is 1. The van der Waals surface area contributed by atoms with Crippen LogP contribution in [0.5, 0.6) is 0 Å². The van der Waals surface area contributed by atoms with Gasteiger partial charge in [-0.05, 0) is 0 Å². The molecule has 0 bridgehead atoms. The van der Waals surface area contributed by atoms with Gasteiger partial charge in [-0.25, -0.2) is 9.18 Å². The smallest absolute Gasteiger partial charge is 0.438 e. The van der Waals surface area contributed by atoms with Crippen molar-refractivity contribution in [3.8, 4) is 0 Å². The maximum absolute atomic E-state index is 13.0. The molecule has 26 heavy (non-hydrogen) atoms. The van der Waals surface area contributed by atoms with E-state index in [1.165, 1.54) is 0 Å². The van der Waals surface area contributed by atoms with E-state index in [1.54, 1.807) is 0 Å². The number of hydrogen-bond donors (Lipinski definition) is 2. The molecule has 0 aliphatic heterocycles. The number of carboxylic acid groups (broad SMARTS) is 1. The summed E-state index contributed by atoms with van der Waals surface area (Å²) in [7, 11) is 0. The summed E-state index contributed by atoms with van der Waals surface area (Å²) < 4.78 is 187. The Morgan fingerprint density at radius 2 is 0.808 bits per heavy atom. The molecule has 0 aromatic carbocycles. The van der Waals surface area contributed by atoms with E-state index in [1.807, 2.05) is 0 Å². The van der Waals surface area contributed by atoms with E-state index in [0.29, 0.717) is 0 Å². The molecule has 0 aromatic rings. The van der Waals surface area contributed by atoms with Gasteiger partial charge in [-0.15, -0.1) is 0 Å². The molecule has 158 valence electrons. The topological polar surface area (TPSA) is 73.8 Å². The molecule has 0 atom stereocenters. The van der Waals surface area contributed by atoms with Crippen LogP contribution in [0.3, 0.4) is 0 Å². The molecule has 18 heteroatoms. The van der Waals surface area contributed by atoms with E-state index in [9.17, 15) is 70.7 Å². The van der Waals surface area contributed by atoms with Gasteiger partial charge in [0.1, 0.15) is 0 Å². The lowest BCUT2D eigenvalue weighted by atomic mass is 9.86. The Hall–Kier alpha value is -1.62. The summed E-state index contributed by atoms with van der Waals surface area (Å²) in [6, 6.07) is 0. The minimum atomic E-state index is -8.60. The Balaban J connectivity index is 0. The third kappa shape index (κ3) is 3.00. The molecular formula is C8H5F15NO2+. The van der Waals surface area contributed by atoms with Crippen molar-refractivity contribution in [1.29, 1.82) is 0 Å². The second kappa shape index (κ2) is 6.22. The molecule has 0 saturated heterocycles. The van der Waals surface area contributed by atoms with Crippen molar-refractivity contribution in [3.05, 3.63) is 0 Å². The van der Waals surface area contributed by atoms with Crippen molar-refractivity contribution in [2.24, 2.45) is 0 Å². The van der Waals surface area contributed by atoms with Crippen LogP contribution in [0.1, 0.15) is 0 Å². The van der Waals surface area contributed by atoms with Crippen LogP contribution in [0.2, 0.25) is 0 Å². The molecule has 0 fully saturated rings. The van der Waals surface area contributed by atoms with Crippen molar-refractivity contribution < 1.29 is 75.8 Å². The fourth-order valence-corrected chi connectivity index (χ4v) is 1.26. The standard InChI is InChI=1S/C8HF15O2.H3N/c9-2(10,1(24)25)4(12,13)6(16,17)5(14,15)3(11,7(18,19)20)8(21,22)23;/h(H,24,25);1H3/p+1. The highest BCUT2D eigenvalue weighted by molar-refractivity contribution is 5.77. The van der Waals surface area contributed by atoms with Crippen LogP contribution >= 0.6 is 0 Å². The van der Waals surface area contributed by atoms with Gasteiger partial charge in [-0.3, -0.25) is 0 Å². The van der Waals surface area contributed by atoms with Crippen LogP contribution in [0.25, 0.3) is 0 Å².